The van der Waals surface area contributed by atoms with Crippen LogP contribution < -0.4 is 5.32 Å². The van der Waals surface area contributed by atoms with Gasteiger partial charge in [-0.1, -0.05) is 24.3 Å². The lowest BCUT2D eigenvalue weighted by Crippen LogP contribution is -2.03. The van der Waals surface area contributed by atoms with Gasteiger partial charge >= 0.3 is 0 Å². The van der Waals surface area contributed by atoms with E-state index in [4.69, 9.17) is 0 Å². The number of hydrogen-bond acceptors (Lipinski definition) is 3. The summed E-state index contributed by atoms with van der Waals surface area (Å²) < 4.78 is 0. The predicted molar refractivity (Wildman–Crippen MR) is 72.4 cm³/mol. The predicted octanol–water partition coefficient (Wildman–Crippen LogP) is 2.88. The largest absolute Gasteiger partial charge is 0.366 e. The number of nitrogens with one attached hydrogen (secondary N) is 2. The first-order chi connectivity index (χ1) is 8.84. The van der Waals surface area contributed by atoms with Crippen LogP contribution in [-0.4, -0.2) is 15.2 Å². The molecule has 2 aromatic heterocycles. The number of H-pyrrole nitrogens is 1. The maximum absolute atomic E-state index is 4.32. The van der Waals surface area contributed by atoms with Crippen molar-refractivity contribution >= 4 is 16.7 Å². The summed E-state index contributed by atoms with van der Waals surface area (Å²) in [6.07, 6.45) is 3.64. The molecule has 0 aliphatic heterocycles. The maximum atomic E-state index is 4.32. The van der Waals surface area contributed by atoms with Crippen LogP contribution in [0.4, 0.5) is 5.82 Å². The van der Waals surface area contributed by atoms with Crippen molar-refractivity contribution in [3.05, 3.63) is 53.9 Å². The van der Waals surface area contributed by atoms with Crippen LogP contribution in [0.15, 0.2) is 42.7 Å². The molecule has 0 unspecified atom stereocenters. The summed E-state index contributed by atoms with van der Waals surface area (Å²) in [4.78, 5) is 4.32. The van der Waals surface area contributed by atoms with Crippen LogP contribution in [0.1, 0.15) is 11.1 Å². The van der Waals surface area contributed by atoms with E-state index in [0.29, 0.717) is 0 Å². The zero-order valence-corrected chi connectivity index (χ0v) is 10.1. The van der Waals surface area contributed by atoms with Gasteiger partial charge in [0, 0.05) is 18.1 Å². The second-order valence-corrected chi connectivity index (χ2v) is 4.27. The van der Waals surface area contributed by atoms with Crippen molar-refractivity contribution in [2.75, 3.05) is 5.32 Å². The lowest BCUT2D eigenvalue weighted by molar-refractivity contribution is 1.07. The van der Waals surface area contributed by atoms with Gasteiger partial charge in [0.2, 0.25) is 0 Å². The highest BCUT2D eigenvalue weighted by molar-refractivity contribution is 5.81. The summed E-state index contributed by atoms with van der Waals surface area (Å²) in [7, 11) is 0. The number of anilines is 1. The molecule has 0 amide bonds. The third-order valence-electron chi connectivity index (χ3n) is 3.02. The summed E-state index contributed by atoms with van der Waals surface area (Å²) in [5.41, 5.74) is 3.42. The zero-order chi connectivity index (χ0) is 12.4. The molecular formula is C14H14N4. The highest BCUT2D eigenvalue weighted by Crippen LogP contribution is 2.17. The smallest absolute Gasteiger partial charge is 0.129 e. The Hall–Kier alpha value is -2.36. The molecule has 4 nitrogen and oxygen atoms in total. The van der Waals surface area contributed by atoms with Crippen LogP contribution in [-0.2, 0) is 6.54 Å². The fourth-order valence-corrected chi connectivity index (χ4v) is 2.03. The fourth-order valence-electron chi connectivity index (χ4n) is 2.03. The Bertz CT molecular complexity index is 672. The molecule has 2 N–H and O–H groups in total. The van der Waals surface area contributed by atoms with Crippen LogP contribution in [0.25, 0.3) is 10.9 Å². The zero-order valence-electron chi connectivity index (χ0n) is 10.1. The summed E-state index contributed by atoms with van der Waals surface area (Å²) in [6, 6.07) is 10.2. The van der Waals surface area contributed by atoms with E-state index in [2.05, 4.69) is 26.6 Å². The Morgan fingerprint density at radius 2 is 2.17 bits per heavy atom. The van der Waals surface area contributed by atoms with Gasteiger partial charge < -0.3 is 5.32 Å². The Morgan fingerprint density at radius 1 is 1.22 bits per heavy atom. The molecular weight excluding hydrogens is 224 g/mol. The average molecular weight is 238 g/mol. The minimum atomic E-state index is 0.734. The molecule has 90 valence electrons. The SMILES string of the molecule is Cc1cccnc1NCc1cccc2cn[nH]c12. The van der Waals surface area contributed by atoms with E-state index in [1.807, 2.05) is 37.4 Å². The Balaban J connectivity index is 1.85. The van der Waals surface area contributed by atoms with Crippen LogP contribution in [0.2, 0.25) is 0 Å². The molecule has 0 bridgehead atoms. The van der Waals surface area contributed by atoms with Crippen LogP contribution in [0.3, 0.4) is 0 Å². The molecule has 0 aliphatic carbocycles. The van der Waals surface area contributed by atoms with E-state index in [1.54, 1.807) is 6.20 Å². The van der Waals surface area contributed by atoms with Crippen molar-refractivity contribution in [2.45, 2.75) is 13.5 Å². The van der Waals surface area contributed by atoms with Gasteiger partial charge in [-0.15, -0.1) is 0 Å². The van der Waals surface area contributed by atoms with E-state index in [0.717, 1.165) is 28.8 Å². The molecule has 0 atom stereocenters. The standard InChI is InChI=1S/C14H14N4/c1-10-4-3-7-15-14(10)16-8-11-5-2-6-12-9-17-18-13(11)12/h2-7,9H,8H2,1H3,(H,15,16)(H,17,18). The summed E-state index contributed by atoms with van der Waals surface area (Å²) in [5, 5.41) is 11.6. The minimum Gasteiger partial charge on any atom is -0.366 e. The third-order valence-corrected chi connectivity index (χ3v) is 3.02. The third kappa shape index (κ3) is 1.93. The summed E-state index contributed by atoms with van der Waals surface area (Å²) in [5.74, 6) is 0.925. The van der Waals surface area contributed by atoms with Crippen molar-refractivity contribution < 1.29 is 0 Å². The molecule has 0 fully saturated rings. The number of aromatic nitrogens is 3. The number of hydrogen-bond donors (Lipinski definition) is 2. The number of aryl methyl sites for hydroxylation is 1. The Morgan fingerprint density at radius 3 is 3.06 bits per heavy atom. The first-order valence-electron chi connectivity index (χ1n) is 5.91. The molecule has 3 rings (SSSR count). The van der Waals surface area contributed by atoms with E-state index in [-0.39, 0.29) is 0 Å². The fraction of sp³-hybridized carbons (Fsp3) is 0.143. The van der Waals surface area contributed by atoms with E-state index >= 15 is 0 Å². The second-order valence-electron chi connectivity index (χ2n) is 4.27. The maximum Gasteiger partial charge on any atom is 0.129 e. The van der Waals surface area contributed by atoms with Crippen LogP contribution in [0, 0.1) is 6.92 Å². The van der Waals surface area contributed by atoms with Crippen molar-refractivity contribution in [3.8, 4) is 0 Å². The molecule has 0 spiro atoms. The molecule has 2 heterocycles. The number of nitrogens with zero attached hydrogens (tertiary/aromatic N) is 2. The van der Waals surface area contributed by atoms with Gasteiger partial charge in [-0.3, -0.25) is 5.10 Å². The number of aromatic amines is 1. The highest BCUT2D eigenvalue weighted by atomic mass is 15.1. The van der Waals surface area contributed by atoms with Gasteiger partial charge in [0.1, 0.15) is 5.82 Å². The van der Waals surface area contributed by atoms with E-state index in [9.17, 15) is 0 Å². The van der Waals surface area contributed by atoms with Crippen LogP contribution >= 0.6 is 0 Å². The first-order valence-corrected chi connectivity index (χ1v) is 5.91. The Kier molecular flexibility index (Phi) is 2.68. The van der Waals surface area contributed by atoms with Gasteiger partial charge in [-0.05, 0) is 24.1 Å². The molecule has 0 aliphatic rings. The van der Waals surface area contributed by atoms with Gasteiger partial charge in [-0.2, -0.15) is 5.10 Å². The number of rotatable bonds is 3. The molecule has 18 heavy (non-hydrogen) atoms. The highest BCUT2D eigenvalue weighted by Gasteiger charge is 2.03. The normalized spacial score (nSPS) is 10.7. The van der Waals surface area contributed by atoms with Gasteiger partial charge in [-0.25, -0.2) is 4.98 Å². The molecule has 0 saturated heterocycles. The lowest BCUT2D eigenvalue weighted by Gasteiger charge is -2.08. The summed E-state index contributed by atoms with van der Waals surface area (Å²) in [6.45, 7) is 2.78. The molecule has 4 heteroatoms. The molecule has 3 aromatic rings. The minimum absolute atomic E-state index is 0.734. The molecule has 1 aromatic carbocycles. The van der Waals surface area contributed by atoms with E-state index < -0.39 is 0 Å². The summed E-state index contributed by atoms with van der Waals surface area (Å²) >= 11 is 0. The van der Waals surface area contributed by atoms with Crippen molar-refractivity contribution in [1.29, 1.82) is 0 Å². The monoisotopic (exact) mass is 238 g/mol. The van der Waals surface area contributed by atoms with E-state index in [1.165, 1.54) is 5.56 Å². The quantitative estimate of drug-likeness (QED) is 0.737. The van der Waals surface area contributed by atoms with Crippen molar-refractivity contribution in [2.24, 2.45) is 0 Å². The topological polar surface area (TPSA) is 53.6 Å². The Labute approximate surface area is 105 Å². The second kappa shape index (κ2) is 4.49. The molecule has 0 radical (unpaired) electrons. The van der Waals surface area contributed by atoms with Crippen molar-refractivity contribution in [3.63, 3.8) is 0 Å². The van der Waals surface area contributed by atoms with Crippen LogP contribution in [0.5, 0.6) is 0 Å². The number of para-hydroxylation sites is 1. The number of benzene rings is 1. The lowest BCUT2D eigenvalue weighted by atomic mass is 10.1. The number of pyridine rings is 1. The van der Waals surface area contributed by atoms with Gasteiger partial charge in [0.15, 0.2) is 0 Å². The first kappa shape index (κ1) is 10.8. The number of fused-ring (bicyclic) bond motifs is 1. The van der Waals surface area contributed by atoms with Crippen molar-refractivity contribution in [1.82, 2.24) is 15.2 Å². The molecule has 0 saturated carbocycles. The average Bonchev–Trinajstić information content (AvgIpc) is 2.86. The van der Waals surface area contributed by atoms with Gasteiger partial charge in [0.05, 0.1) is 11.7 Å². The van der Waals surface area contributed by atoms with Gasteiger partial charge in [0.25, 0.3) is 0 Å².